The van der Waals surface area contributed by atoms with Crippen LogP contribution in [0.25, 0.3) is 22.3 Å². The van der Waals surface area contributed by atoms with Crippen molar-refractivity contribution in [3.63, 3.8) is 0 Å². The third-order valence-electron chi connectivity index (χ3n) is 8.03. The summed E-state index contributed by atoms with van der Waals surface area (Å²) in [6.45, 7) is 0.429. The minimum Gasteiger partial charge on any atom is -0.478 e. The van der Waals surface area contributed by atoms with Gasteiger partial charge in [-0.05, 0) is 72.9 Å². The number of nitrogens with zero attached hydrogens (tertiary/aromatic N) is 4. The summed E-state index contributed by atoms with van der Waals surface area (Å²) in [5.41, 5.74) is 1.85. The number of hydrogen-bond donors (Lipinski definition) is 1. The maximum absolute atomic E-state index is 15.6. The molecule has 3 aromatic carbocycles. The highest BCUT2D eigenvalue weighted by atomic mass is 19.1. The second-order valence-electron chi connectivity index (χ2n) is 11.0. The smallest absolute Gasteiger partial charge is 0.335 e. The van der Waals surface area contributed by atoms with Gasteiger partial charge in [0.2, 0.25) is 5.88 Å². The first-order valence-electron chi connectivity index (χ1n) is 14.2. The maximum Gasteiger partial charge on any atom is 0.335 e. The quantitative estimate of drug-likeness (QED) is 0.184. The van der Waals surface area contributed by atoms with Crippen LogP contribution in [0.15, 0.2) is 66.7 Å². The Morgan fingerprint density at radius 2 is 1.80 bits per heavy atom. The Hall–Kier alpha value is -5.21. The maximum atomic E-state index is 15.6. The highest BCUT2D eigenvalue weighted by Gasteiger charge is 2.33. The molecule has 8 nitrogen and oxygen atoms in total. The summed E-state index contributed by atoms with van der Waals surface area (Å²) in [4.78, 5) is 20.6. The normalized spacial score (nSPS) is 15.9. The van der Waals surface area contributed by atoms with Gasteiger partial charge in [0.05, 0.1) is 33.9 Å². The molecule has 0 bridgehead atoms. The number of methoxy groups -OCH3 is 1. The van der Waals surface area contributed by atoms with Crippen molar-refractivity contribution in [2.24, 2.45) is 5.92 Å². The number of fused-ring (bicyclic) bond motifs is 1. The van der Waals surface area contributed by atoms with Crippen molar-refractivity contribution in [3.05, 3.63) is 112 Å². The number of carbonyl (C=O) groups is 1. The molecule has 0 unspecified atom stereocenters. The van der Waals surface area contributed by atoms with E-state index in [1.54, 1.807) is 25.3 Å². The Balaban J connectivity index is 1.26. The first-order chi connectivity index (χ1) is 21.7. The number of pyridine rings is 1. The van der Waals surface area contributed by atoms with Crippen molar-refractivity contribution in [1.82, 2.24) is 14.5 Å². The number of aromatic nitrogens is 3. The summed E-state index contributed by atoms with van der Waals surface area (Å²) in [7, 11) is 1.64. The molecule has 0 radical (unpaired) electrons. The van der Waals surface area contributed by atoms with Gasteiger partial charge in [0.25, 0.3) is 0 Å². The Labute approximate surface area is 256 Å². The second-order valence-corrected chi connectivity index (χ2v) is 11.0. The lowest BCUT2D eigenvalue weighted by Crippen LogP contribution is -2.30. The summed E-state index contributed by atoms with van der Waals surface area (Å²) in [6.07, 6.45) is 1.57. The van der Waals surface area contributed by atoms with Crippen LogP contribution in [-0.2, 0) is 17.8 Å². The van der Waals surface area contributed by atoms with Crippen LogP contribution in [0.2, 0.25) is 0 Å². The van der Waals surface area contributed by atoms with E-state index in [9.17, 15) is 14.3 Å². The van der Waals surface area contributed by atoms with Gasteiger partial charge in [0, 0.05) is 43.4 Å². The number of carboxylic acid groups (broad SMARTS) is 1. The van der Waals surface area contributed by atoms with Gasteiger partial charge in [-0.15, -0.1) is 0 Å². The van der Waals surface area contributed by atoms with Crippen LogP contribution in [0, 0.1) is 34.7 Å². The lowest BCUT2D eigenvalue weighted by Gasteiger charge is -2.37. The number of rotatable bonds is 10. The third-order valence-corrected chi connectivity index (χ3v) is 8.03. The summed E-state index contributed by atoms with van der Waals surface area (Å²) in [6, 6.07) is 17.4. The van der Waals surface area contributed by atoms with Crippen LogP contribution in [0.1, 0.15) is 51.8 Å². The largest absolute Gasteiger partial charge is 0.478 e. The van der Waals surface area contributed by atoms with E-state index in [1.807, 2.05) is 10.6 Å². The minimum absolute atomic E-state index is 0.0156. The van der Waals surface area contributed by atoms with Crippen LogP contribution >= 0.6 is 0 Å². The van der Waals surface area contributed by atoms with E-state index < -0.39 is 23.4 Å². The number of halogens is 3. The van der Waals surface area contributed by atoms with Crippen molar-refractivity contribution in [1.29, 1.82) is 5.26 Å². The number of nitriles is 1. The van der Waals surface area contributed by atoms with Crippen molar-refractivity contribution >= 4 is 17.0 Å². The zero-order chi connectivity index (χ0) is 31.7. The highest BCUT2D eigenvalue weighted by Crippen LogP contribution is 2.41. The topological polar surface area (TPSA) is 110 Å². The number of imidazole rings is 1. The first-order valence-corrected chi connectivity index (χ1v) is 14.2. The predicted octanol–water partition coefficient (Wildman–Crippen LogP) is 6.85. The van der Waals surface area contributed by atoms with Crippen LogP contribution < -0.4 is 4.74 Å². The van der Waals surface area contributed by atoms with Crippen LogP contribution in [-0.4, -0.2) is 39.3 Å². The molecular weight excluding hydrogens is 585 g/mol. The van der Waals surface area contributed by atoms with Crippen molar-refractivity contribution in [2.45, 2.75) is 31.9 Å². The third kappa shape index (κ3) is 6.10. The van der Waals surface area contributed by atoms with E-state index in [-0.39, 0.29) is 58.5 Å². The molecule has 6 rings (SSSR count). The molecule has 1 aliphatic carbocycles. The van der Waals surface area contributed by atoms with Gasteiger partial charge in [0.15, 0.2) is 0 Å². The standard InChI is InChI=1S/C34H27F3N4O4/c1-44-17-20-9-24(10-20)41-31-13-21(34(42)43)7-8-30(31)39-32(41)14-23-12-28(37)25(15-27(23)36)29-3-2-4-33(40-29)45-18-22-6-5-19(16-38)11-26(22)35/h2-8,11-13,15,20,24H,9-10,14,17-18H2,1H3,(H,42,43)/t20-,24-. The predicted molar refractivity (Wildman–Crippen MR) is 158 cm³/mol. The van der Waals surface area contributed by atoms with Gasteiger partial charge < -0.3 is 19.1 Å². The summed E-state index contributed by atoms with van der Waals surface area (Å²) >= 11 is 0. The van der Waals surface area contributed by atoms with Crippen molar-refractivity contribution in [3.8, 4) is 23.2 Å². The number of benzene rings is 3. The Bertz CT molecular complexity index is 1960. The van der Waals surface area contributed by atoms with Gasteiger partial charge in [0.1, 0.15) is 29.9 Å². The molecule has 0 amide bonds. The SMILES string of the molecule is COC[C@H]1C[C@H](n2c(Cc3cc(F)c(-c4cccc(OCc5ccc(C#N)cc5F)n4)cc3F)nc3ccc(C(=O)O)cc32)C1. The van der Waals surface area contributed by atoms with E-state index in [1.165, 1.54) is 30.3 Å². The Kier molecular flexibility index (Phi) is 8.24. The molecule has 1 aliphatic rings. The monoisotopic (exact) mass is 612 g/mol. The molecular formula is C34H27F3N4O4. The number of hydrogen-bond acceptors (Lipinski definition) is 6. The van der Waals surface area contributed by atoms with Crippen molar-refractivity contribution < 1.29 is 32.5 Å². The summed E-state index contributed by atoms with van der Waals surface area (Å²) in [5, 5.41) is 18.5. The lowest BCUT2D eigenvalue weighted by atomic mass is 9.80. The van der Waals surface area contributed by atoms with Gasteiger partial charge in [-0.1, -0.05) is 12.1 Å². The van der Waals surface area contributed by atoms with E-state index in [4.69, 9.17) is 14.7 Å². The zero-order valence-corrected chi connectivity index (χ0v) is 24.1. The van der Waals surface area contributed by atoms with E-state index in [0.717, 1.165) is 31.0 Å². The molecule has 0 aliphatic heterocycles. The average Bonchev–Trinajstić information content (AvgIpc) is 3.36. The molecule has 1 saturated carbocycles. The molecule has 11 heteroatoms. The average molecular weight is 613 g/mol. The van der Waals surface area contributed by atoms with Gasteiger partial charge in [-0.3, -0.25) is 0 Å². The number of carboxylic acids is 1. The fraction of sp³-hybridized carbons (Fsp3) is 0.235. The number of ether oxygens (including phenoxy) is 2. The molecule has 0 spiro atoms. The lowest BCUT2D eigenvalue weighted by molar-refractivity contribution is 0.0696. The van der Waals surface area contributed by atoms with Crippen LogP contribution in [0.5, 0.6) is 5.88 Å². The minimum atomic E-state index is -1.06. The molecule has 2 heterocycles. The molecule has 1 N–H and O–H groups in total. The molecule has 1 fully saturated rings. The molecule has 2 aromatic heterocycles. The first kappa shape index (κ1) is 29.8. The van der Waals surface area contributed by atoms with E-state index in [0.29, 0.717) is 29.4 Å². The van der Waals surface area contributed by atoms with Crippen LogP contribution in [0.3, 0.4) is 0 Å². The van der Waals surface area contributed by atoms with Gasteiger partial charge >= 0.3 is 5.97 Å². The highest BCUT2D eigenvalue weighted by molar-refractivity contribution is 5.92. The molecule has 0 atom stereocenters. The van der Waals surface area contributed by atoms with Crippen LogP contribution in [0.4, 0.5) is 13.2 Å². The zero-order valence-electron chi connectivity index (χ0n) is 24.1. The molecule has 0 saturated heterocycles. The van der Waals surface area contributed by atoms with Gasteiger partial charge in [-0.2, -0.15) is 5.26 Å². The number of aromatic carboxylic acids is 1. The van der Waals surface area contributed by atoms with E-state index >= 15 is 8.78 Å². The molecule has 5 aromatic rings. The molecule has 228 valence electrons. The summed E-state index contributed by atoms with van der Waals surface area (Å²) < 4.78 is 58.2. The molecule has 45 heavy (non-hydrogen) atoms. The fourth-order valence-corrected chi connectivity index (χ4v) is 5.71. The summed E-state index contributed by atoms with van der Waals surface area (Å²) in [5.74, 6) is -2.09. The van der Waals surface area contributed by atoms with Gasteiger partial charge in [-0.25, -0.2) is 27.9 Å². The van der Waals surface area contributed by atoms with E-state index in [2.05, 4.69) is 9.97 Å². The fourth-order valence-electron chi connectivity index (χ4n) is 5.71. The Morgan fingerprint density at radius 1 is 1.00 bits per heavy atom. The Morgan fingerprint density at radius 3 is 2.53 bits per heavy atom. The second kappa shape index (κ2) is 12.4. The van der Waals surface area contributed by atoms with Crippen molar-refractivity contribution in [2.75, 3.05) is 13.7 Å².